The first-order valence-electron chi connectivity index (χ1n) is 6.05. The van der Waals surface area contributed by atoms with E-state index in [0.29, 0.717) is 18.7 Å². The van der Waals surface area contributed by atoms with Crippen LogP contribution in [0.25, 0.3) is 0 Å². The monoisotopic (exact) mass is 256 g/mol. The number of aromatic nitrogens is 1. The molecule has 0 aliphatic heterocycles. The minimum absolute atomic E-state index is 0.0931. The standard InChI is InChI=1S/C15H16N2O2/c1-19-11-13-4-2-3-5-14(13)15(18)17-10-12-6-8-16-9-7-12/h2-9H,10-11H2,1H3,(H,17,18). The first-order valence-corrected chi connectivity index (χ1v) is 6.05. The van der Waals surface area contributed by atoms with Crippen LogP contribution in [0.3, 0.4) is 0 Å². The predicted octanol–water partition coefficient (Wildman–Crippen LogP) is 2.16. The highest BCUT2D eigenvalue weighted by molar-refractivity contribution is 5.95. The van der Waals surface area contributed by atoms with Crippen LogP contribution >= 0.6 is 0 Å². The number of ether oxygens (including phenoxy) is 1. The molecule has 0 aliphatic carbocycles. The number of hydrogen-bond donors (Lipinski definition) is 1. The molecule has 2 rings (SSSR count). The Hall–Kier alpha value is -2.20. The van der Waals surface area contributed by atoms with Crippen molar-refractivity contribution in [1.82, 2.24) is 10.3 Å². The third-order valence-electron chi connectivity index (χ3n) is 2.76. The van der Waals surface area contributed by atoms with Crippen molar-refractivity contribution in [3.8, 4) is 0 Å². The number of hydrogen-bond acceptors (Lipinski definition) is 3. The minimum Gasteiger partial charge on any atom is -0.380 e. The highest BCUT2D eigenvalue weighted by Crippen LogP contribution is 2.10. The van der Waals surface area contributed by atoms with E-state index in [9.17, 15) is 4.79 Å². The van der Waals surface area contributed by atoms with Crippen LogP contribution in [0.4, 0.5) is 0 Å². The summed E-state index contributed by atoms with van der Waals surface area (Å²) < 4.78 is 5.09. The summed E-state index contributed by atoms with van der Waals surface area (Å²) in [4.78, 5) is 16.1. The van der Waals surface area contributed by atoms with Gasteiger partial charge in [0.2, 0.25) is 0 Å². The van der Waals surface area contributed by atoms with E-state index in [0.717, 1.165) is 11.1 Å². The van der Waals surface area contributed by atoms with E-state index in [4.69, 9.17) is 4.74 Å². The van der Waals surface area contributed by atoms with Crippen LogP contribution in [0, 0.1) is 0 Å². The van der Waals surface area contributed by atoms with Gasteiger partial charge in [-0.25, -0.2) is 0 Å². The number of methoxy groups -OCH3 is 1. The second kappa shape index (κ2) is 6.66. The second-order valence-corrected chi connectivity index (χ2v) is 4.13. The second-order valence-electron chi connectivity index (χ2n) is 4.13. The molecular weight excluding hydrogens is 240 g/mol. The van der Waals surface area contributed by atoms with E-state index in [-0.39, 0.29) is 5.91 Å². The predicted molar refractivity (Wildman–Crippen MR) is 72.6 cm³/mol. The topological polar surface area (TPSA) is 51.2 Å². The van der Waals surface area contributed by atoms with Gasteiger partial charge in [0.05, 0.1) is 6.61 Å². The molecule has 0 atom stereocenters. The van der Waals surface area contributed by atoms with E-state index in [1.165, 1.54) is 0 Å². The number of nitrogens with zero attached hydrogens (tertiary/aromatic N) is 1. The molecule has 1 aromatic heterocycles. The molecule has 2 aromatic rings. The van der Waals surface area contributed by atoms with Crippen LogP contribution in [0.5, 0.6) is 0 Å². The average Bonchev–Trinajstić information content (AvgIpc) is 2.47. The maximum Gasteiger partial charge on any atom is 0.251 e. The van der Waals surface area contributed by atoms with Crippen molar-refractivity contribution in [3.05, 3.63) is 65.5 Å². The first kappa shape index (κ1) is 13.2. The Kier molecular flexibility index (Phi) is 4.64. The summed E-state index contributed by atoms with van der Waals surface area (Å²) in [6.45, 7) is 0.918. The fourth-order valence-corrected chi connectivity index (χ4v) is 1.80. The van der Waals surface area contributed by atoms with Gasteiger partial charge in [0.15, 0.2) is 0 Å². The lowest BCUT2D eigenvalue weighted by atomic mass is 10.1. The summed E-state index contributed by atoms with van der Waals surface area (Å²) in [7, 11) is 1.62. The van der Waals surface area contributed by atoms with Crippen LogP contribution < -0.4 is 5.32 Å². The lowest BCUT2D eigenvalue weighted by Crippen LogP contribution is -2.24. The van der Waals surface area contributed by atoms with Crippen LogP contribution in [0.1, 0.15) is 21.5 Å². The van der Waals surface area contributed by atoms with E-state index in [1.54, 1.807) is 25.6 Å². The molecule has 1 aromatic carbocycles. The van der Waals surface area contributed by atoms with E-state index in [2.05, 4.69) is 10.3 Å². The maximum absolute atomic E-state index is 12.1. The quantitative estimate of drug-likeness (QED) is 0.891. The number of benzene rings is 1. The molecule has 19 heavy (non-hydrogen) atoms. The van der Waals surface area contributed by atoms with Crippen molar-refractivity contribution < 1.29 is 9.53 Å². The molecule has 0 aliphatic rings. The minimum atomic E-state index is -0.0931. The Bertz CT molecular complexity index is 541. The smallest absolute Gasteiger partial charge is 0.251 e. The molecule has 4 heteroatoms. The fourth-order valence-electron chi connectivity index (χ4n) is 1.80. The van der Waals surface area contributed by atoms with E-state index in [1.807, 2.05) is 30.3 Å². The Labute approximate surface area is 112 Å². The van der Waals surface area contributed by atoms with Gasteiger partial charge in [-0.15, -0.1) is 0 Å². The van der Waals surface area contributed by atoms with Gasteiger partial charge >= 0.3 is 0 Å². The summed E-state index contributed by atoms with van der Waals surface area (Å²) in [6.07, 6.45) is 3.42. The molecule has 0 unspecified atom stereocenters. The Morgan fingerprint density at radius 3 is 2.68 bits per heavy atom. The summed E-state index contributed by atoms with van der Waals surface area (Å²) in [5, 5.41) is 2.89. The number of nitrogens with one attached hydrogen (secondary N) is 1. The molecule has 0 saturated heterocycles. The van der Waals surface area contributed by atoms with Gasteiger partial charge in [0, 0.05) is 31.6 Å². The van der Waals surface area contributed by atoms with Gasteiger partial charge in [0.25, 0.3) is 5.91 Å². The normalized spacial score (nSPS) is 10.2. The molecule has 0 bridgehead atoms. The van der Waals surface area contributed by atoms with Gasteiger partial charge in [-0.05, 0) is 29.3 Å². The molecule has 0 fully saturated rings. The highest BCUT2D eigenvalue weighted by atomic mass is 16.5. The Morgan fingerprint density at radius 1 is 1.21 bits per heavy atom. The summed E-state index contributed by atoms with van der Waals surface area (Å²) in [5.41, 5.74) is 2.56. The largest absolute Gasteiger partial charge is 0.380 e. The lowest BCUT2D eigenvalue weighted by molar-refractivity contribution is 0.0946. The number of carbonyl (C=O) groups is 1. The fraction of sp³-hybridized carbons (Fsp3) is 0.200. The van der Waals surface area contributed by atoms with E-state index < -0.39 is 0 Å². The Balaban J connectivity index is 2.04. The van der Waals surface area contributed by atoms with Crippen molar-refractivity contribution >= 4 is 5.91 Å². The highest BCUT2D eigenvalue weighted by Gasteiger charge is 2.09. The van der Waals surface area contributed by atoms with Gasteiger partial charge in [-0.2, -0.15) is 0 Å². The first-order chi connectivity index (χ1) is 9.31. The molecule has 4 nitrogen and oxygen atoms in total. The average molecular weight is 256 g/mol. The molecule has 0 saturated carbocycles. The molecule has 1 N–H and O–H groups in total. The zero-order chi connectivity index (χ0) is 13.5. The molecule has 0 radical (unpaired) electrons. The SMILES string of the molecule is COCc1ccccc1C(=O)NCc1ccncc1. The zero-order valence-corrected chi connectivity index (χ0v) is 10.8. The number of carbonyl (C=O) groups excluding carboxylic acids is 1. The summed E-state index contributed by atoms with van der Waals surface area (Å²) in [5.74, 6) is -0.0931. The van der Waals surface area contributed by atoms with Crippen molar-refractivity contribution in [2.75, 3.05) is 7.11 Å². The molecule has 98 valence electrons. The van der Waals surface area contributed by atoms with E-state index >= 15 is 0 Å². The Morgan fingerprint density at radius 2 is 1.95 bits per heavy atom. The molecule has 1 heterocycles. The van der Waals surface area contributed by atoms with Crippen molar-refractivity contribution in [3.63, 3.8) is 0 Å². The molecular formula is C15H16N2O2. The lowest BCUT2D eigenvalue weighted by Gasteiger charge is -2.09. The molecule has 1 amide bonds. The number of pyridine rings is 1. The zero-order valence-electron chi connectivity index (χ0n) is 10.8. The summed E-state index contributed by atoms with van der Waals surface area (Å²) >= 11 is 0. The third kappa shape index (κ3) is 3.63. The van der Waals surface area contributed by atoms with Crippen molar-refractivity contribution in [1.29, 1.82) is 0 Å². The van der Waals surface area contributed by atoms with Gasteiger partial charge in [0.1, 0.15) is 0 Å². The third-order valence-corrected chi connectivity index (χ3v) is 2.76. The number of amides is 1. The van der Waals surface area contributed by atoms with Gasteiger partial charge in [-0.3, -0.25) is 9.78 Å². The van der Waals surface area contributed by atoms with Crippen LogP contribution in [-0.4, -0.2) is 18.0 Å². The molecule has 0 spiro atoms. The van der Waals surface area contributed by atoms with Crippen LogP contribution in [0.2, 0.25) is 0 Å². The van der Waals surface area contributed by atoms with Crippen LogP contribution in [0.15, 0.2) is 48.8 Å². The van der Waals surface area contributed by atoms with Crippen molar-refractivity contribution in [2.45, 2.75) is 13.2 Å². The van der Waals surface area contributed by atoms with Crippen LogP contribution in [-0.2, 0) is 17.9 Å². The maximum atomic E-state index is 12.1. The van der Waals surface area contributed by atoms with Gasteiger partial charge < -0.3 is 10.1 Å². The summed E-state index contributed by atoms with van der Waals surface area (Å²) in [6, 6.07) is 11.2. The van der Waals surface area contributed by atoms with Gasteiger partial charge in [-0.1, -0.05) is 18.2 Å². The van der Waals surface area contributed by atoms with Crippen molar-refractivity contribution in [2.24, 2.45) is 0 Å². The number of rotatable bonds is 5.